The van der Waals surface area contributed by atoms with E-state index < -0.39 is 0 Å². The largest absolute Gasteiger partial charge is 0.354 e. The van der Waals surface area contributed by atoms with E-state index in [0.717, 1.165) is 18.9 Å². The van der Waals surface area contributed by atoms with E-state index in [1.807, 2.05) is 25.1 Å². The van der Waals surface area contributed by atoms with Crippen LogP contribution in [-0.4, -0.2) is 58.8 Å². The molecule has 4 amide bonds. The van der Waals surface area contributed by atoms with E-state index in [1.165, 1.54) is 0 Å². The molecule has 5 N–H and O–H groups in total. The molecule has 3 heterocycles. The Labute approximate surface area is 369 Å². The monoisotopic (exact) mass is 876 g/mol. The minimum atomic E-state index is -0.334. The lowest BCUT2D eigenvalue weighted by molar-refractivity contribution is 0.101. The summed E-state index contributed by atoms with van der Waals surface area (Å²) in [5, 5.41) is 15.8. The van der Waals surface area contributed by atoms with Gasteiger partial charge in [0.15, 0.2) is 0 Å². The van der Waals surface area contributed by atoms with Gasteiger partial charge >= 0.3 is 0 Å². The fourth-order valence-corrected chi connectivity index (χ4v) is 7.13. The molecule has 0 aliphatic carbocycles. The number of benzene rings is 4. The first kappa shape index (κ1) is 44.2. The molecule has 1 saturated heterocycles. The molecular weight excluding hydrogens is 835 g/mol. The van der Waals surface area contributed by atoms with Gasteiger partial charge in [-0.05, 0) is 113 Å². The zero-order valence-corrected chi connectivity index (χ0v) is 36.0. The number of rotatable bonds is 9. The molecule has 312 valence electrons. The lowest BCUT2D eigenvalue weighted by Crippen LogP contribution is -2.54. The quantitative estimate of drug-likeness (QED) is 0.0899. The van der Waals surface area contributed by atoms with Gasteiger partial charge in [0, 0.05) is 47.7 Å². The lowest BCUT2D eigenvalue weighted by Gasteiger charge is -2.37. The maximum atomic E-state index is 13.0. The smallest absolute Gasteiger partial charge is 0.257 e. The number of carbonyl (C=O) groups is 4. The summed E-state index contributed by atoms with van der Waals surface area (Å²) in [6.07, 6.45) is 0. The molecule has 7 rings (SSSR count). The summed E-state index contributed by atoms with van der Waals surface area (Å²) < 4.78 is 0. The average molecular weight is 878 g/mol. The summed E-state index contributed by atoms with van der Waals surface area (Å²) in [5.74, 6) is -0.316. The predicted octanol–water partition coefficient (Wildman–Crippen LogP) is 9.94. The van der Waals surface area contributed by atoms with E-state index in [1.54, 1.807) is 110 Å². The van der Waals surface area contributed by atoms with Crippen molar-refractivity contribution in [3.63, 3.8) is 0 Å². The van der Waals surface area contributed by atoms with Gasteiger partial charge in [0.2, 0.25) is 0 Å². The van der Waals surface area contributed by atoms with Gasteiger partial charge in [0.05, 0.1) is 43.9 Å². The minimum absolute atomic E-state index is 0.277. The van der Waals surface area contributed by atoms with Crippen molar-refractivity contribution >= 4 is 87.0 Å². The standard InChI is InChI=1S/C26H28ClN5O2.C20H15Cl2N3O2/c1-16-14-32(15-17(2)28-16)24-12-10-21(18(3)29-24)26(34)30-20-9-11-22(27)23(13-20)31-25(33)19-7-5-4-6-8-19;1-12-15(8-10-18(22)23-12)20(27)24-14-7-9-16(21)17(11-14)25-19(26)13-5-3-2-4-6-13/h4-13,16-17,28H,14-15H2,1-3H3,(H,30,34)(H,31,33);2-11H,1H3,(H,24,27)(H,25,26)/t16-,17+;. The van der Waals surface area contributed by atoms with Gasteiger partial charge in [-0.1, -0.05) is 71.2 Å². The van der Waals surface area contributed by atoms with Crippen LogP contribution in [-0.2, 0) is 0 Å². The van der Waals surface area contributed by atoms with E-state index in [9.17, 15) is 19.2 Å². The number of amides is 4. The van der Waals surface area contributed by atoms with Crippen LogP contribution in [0.15, 0.2) is 121 Å². The van der Waals surface area contributed by atoms with Crippen LogP contribution in [0.4, 0.5) is 28.6 Å². The molecule has 6 aromatic rings. The van der Waals surface area contributed by atoms with Gasteiger partial charge < -0.3 is 31.5 Å². The second-order valence-electron chi connectivity index (χ2n) is 14.4. The van der Waals surface area contributed by atoms with Crippen molar-refractivity contribution in [2.45, 2.75) is 39.8 Å². The molecular formula is C46H43Cl3N8O4. The van der Waals surface area contributed by atoms with Crippen LogP contribution in [0.5, 0.6) is 0 Å². The maximum Gasteiger partial charge on any atom is 0.257 e. The Bertz CT molecular complexity index is 2550. The Balaban J connectivity index is 0.000000210. The molecule has 0 saturated carbocycles. The second kappa shape index (κ2) is 20.3. The molecule has 0 bridgehead atoms. The lowest BCUT2D eigenvalue weighted by atomic mass is 10.1. The fourth-order valence-electron chi connectivity index (χ4n) is 6.61. The van der Waals surface area contributed by atoms with Crippen molar-refractivity contribution in [3.05, 3.63) is 170 Å². The van der Waals surface area contributed by atoms with Crippen molar-refractivity contribution < 1.29 is 19.2 Å². The van der Waals surface area contributed by atoms with Crippen LogP contribution in [0.1, 0.15) is 66.7 Å². The number of halogens is 3. The molecule has 0 spiro atoms. The predicted molar refractivity (Wildman–Crippen MR) is 245 cm³/mol. The number of nitrogens with zero attached hydrogens (tertiary/aromatic N) is 3. The fraction of sp³-hybridized carbons (Fsp3) is 0.174. The first-order valence-corrected chi connectivity index (χ1v) is 20.4. The van der Waals surface area contributed by atoms with Crippen LogP contribution in [0.2, 0.25) is 15.2 Å². The van der Waals surface area contributed by atoms with Gasteiger partial charge in [-0.15, -0.1) is 0 Å². The van der Waals surface area contributed by atoms with E-state index in [-0.39, 0.29) is 23.6 Å². The summed E-state index contributed by atoms with van der Waals surface area (Å²) in [6, 6.07) is 35.0. The van der Waals surface area contributed by atoms with Crippen LogP contribution < -0.4 is 31.5 Å². The first-order chi connectivity index (χ1) is 29.2. The van der Waals surface area contributed by atoms with Crippen molar-refractivity contribution in [2.75, 3.05) is 39.3 Å². The van der Waals surface area contributed by atoms with E-state index in [2.05, 4.69) is 50.3 Å². The van der Waals surface area contributed by atoms with E-state index in [0.29, 0.717) is 83.7 Å². The average Bonchev–Trinajstić information content (AvgIpc) is 3.23. The molecule has 2 aromatic heterocycles. The molecule has 0 unspecified atom stereocenters. The van der Waals surface area contributed by atoms with Crippen molar-refractivity contribution in [1.29, 1.82) is 0 Å². The van der Waals surface area contributed by atoms with Gasteiger partial charge in [-0.2, -0.15) is 0 Å². The topological polar surface area (TPSA) is 157 Å². The van der Waals surface area contributed by atoms with Gasteiger partial charge in [-0.3, -0.25) is 19.2 Å². The van der Waals surface area contributed by atoms with Crippen molar-refractivity contribution in [2.24, 2.45) is 0 Å². The molecule has 1 fully saturated rings. The number of aromatic nitrogens is 2. The normalized spacial score (nSPS) is 14.5. The highest BCUT2D eigenvalue weighted by molar-refractivity contribution is 6.34. The van der Waals surface area contributed by atoms with Gasteiger partial charge in [-0.25, -0.2) is 9.97 Å². The van der Waals surface area contributed by atoms with E-state index in [4.69, 9.17) is 39.8 Å². The third-order valence-electron chi connectivity index (χ3n) is 9.51. The zero-order valence-electron chi connectivity index (χ0n) is 33.7. The molecule has 61 heavy (non-hydrogen) atoms. The van der Waals surface area contributed by atoms with Crippen LogP contribution >= 0.6 is 34.8 Å². The second-order valence-corrected chi connectivity index (χ2v) is 15.6. The molecule has 12 nitrogen and oxygen atoms in total. The summed E-state index contributed by atoms with van der Waals surface area (Å²) in [5.41, 5.74) is 4.91. The summed E-state index contributed by atoms with van der Waals surface area (Å²) in [7, 11) is 0. The number of hydrogen-bond donors (Lipinski definition) is 5. The molecule has 15 heteroatoms. The Morgan fingerprint density at radius 1 is 0.557 bits per heavy atom. The zero-order chi connectivity index (χ0) is 43.6. The van der Waals surface area contributed by atoms with Crippen LogP contribution in [0.3, 0.4) is 0 Å². The molecule has 1 aliphatic rings. The maximum absolute atomic E-state index is 13.0. The summed E-state index contributed by atoms with van der Waals surface area (Å²) in [6.45, 7) is 9.57. The molecule has 1 aliphatic heterocycles. The third-order valence-corrected chi connectivity index (χ3v) is 10.4. The van der Waals surface area contributed by atoms with E-state index >= 15 is 0 Å². The molecule has 2 atom stereocenters. The number of anilines is 5. The molecule has 4 aromatic carbocycles. The number of pyridine rings is 2. The first-order valence-electron chi connectivity index (χ1n) is 19.3. The Kier molecular flexibility index (Phi) is 14.7. The molecule has 0 radical (unpaired) electrons. The number of carbonyl (C=O) groups excluding carboxylic acids is 4. The van der Waals surface area contributed by atoms with Crippen LogP contribution in [0.25, 0.3) is 0 Å². The van der Waals surface area contributed by atoms with Crippen molar-refractivity contribution in [1.82, 2.24) is 15.3 Å². The Morgan fingerprint density at radius 3 is 1.44 bits per heavy atom. The highest BCUT2D eigenvalue weighted by Crippen LogP contribution is 2.28. The van der Waals surface area contributed by atoms with Crippen LogP contribution in [0, 0.1) is 13.8 Å². The SMILES string of the molecule is Cc1nc(Cl)ccc1C(=O)Nc1ccc(Cl)c(NC(=O)c2ccccc2)c1.Cc1nc(N2C[C@@H](C)N[C@@H](C)C2)ccc1C(=O)Nc1ccc(Cl)c(NC(=O)c2ccccc2)c1. The van der Waals surface area contributed by atoms with Gasteiger partial charge in [0.25, 0.3) is 23.6 Å². The highest BCUT2D eigenvalue weighted by atomic mass is 35.5. The highest BCUT2D eigenvalue weighted by Gasteiger charge is 2.23. The van der Waals surface area contributed by atoms with Crippen molar-refractivity contribution in [3.8, 4) is 0 Å². The van der Waals surface area contributed by atoms with Gasteiger partial charge in [0.1, 0.15) is 11.0 Å². The number of aryl methyl sites for hydroxylation is 2. The number of nitrogens with one attached hydrogen (secondary N) is 5. The third kappa shape index (κ3) is 11.9. The summed E-state index contributed by atoms with van der Waals surface area (Å²) >= 11 is 18.3. The number of piperazine rings is 1. The Hall–Kier alpha value is -6.31. The number of hydrogen-bond acceptors (Lipinski definition) is 8. The minimum Gasteiger partial charge on any atom is -0.354 e. The Morgan fingerprint density at radius 2 is 1.00 bits per heavy atom. The summed E-state index contributed by atoms with van der Waals surface area (Å²) in [4.78, 5) is 61.3.